The van der Waals surface area contributed by atoms with Crippen LogP contribution < -0.4 is 4.74 Å². The van der Waals surface area contributed by atoms with Gasteiger partial charge in [0.25, 0.3) is 5.91 Å². The van der Waals surface area contributed by atoms with Gasteiger partial charge in [0.05, 0.1) is 7.11 Å². The number of hydrogen-bond donors (Lipinski definition) is 0. The number of allylic oxidation sites excluding steroid dienone is 1. The van der Waals surface area contributed by atoms with Gasteiger partial charge in [-0.2, -0.15) is 0 Å². The minimum Gasteiger partial charge on any atom is -0.497 e. The van der Waals surface area contributed by atoms with Crippen LogP contribution in [0.25, 0.3) is 5.57 Å². The summed E-state index contributed by atoms with van der Waals surface area (Å²) in [7, 11) is 1.73. The van der Waals surface area contributed by atoms with E-state index in [-0.39, 0.29) is 5.91 Å². The SMILES string of the molecule is C/C=C\N(CC)C(=O)c1ccc(C(=C2CC3CCC(C2)N3CCc2cccc(OC)c2)c2ccccc2)cc1. The zero-order chi connectivity index (χ0) is 27.2. The lowest BCUT2D eigenvalue weighted by Gasteiger charge is -2.37. The van der Waals surface area contributed by atoms with E-state index < -0.39 is 0 Å². The molecule has 3 aromatic carbocycles. The number of ether oxygens (including phenoxy) is 1. The molecule has 2 atom stereocenters. The third-order valence-electron chi connectivity index (χ3n) is 8.30. The van der Waals surface area contributed by atoms with Crippen LogP contribution in [0.15, 0.2) is 96.7 Å². The highest BCUT2D eigenvalue weighted by molar-refractivity contribution is 5.95. The van der Waals surface area contributed by atoms with Crippen molar-refractivity contribution in [2.45, 2.75) is 58.0 Å². The quantitative estimate of drug-likeness (QED) is 0.295. The zero-order valence-corrected chi connectivity index (χ0v) is 23.5. The summed E-state index contributed by atoms with van der Waals surface area (Å²) in [6.07, 6.45) is 9.54. The maximum absolute atomic E-state index is 13.0. The van der Waals surface area contributed by atoms with Crippen LogP contribution in [-0.2, 0) is 6.42 Å². The number of piperidine rings is 1. The van der Waals surface area contributed by atoms with Gasteiger partial charge < -0.3 is 9.64 Å². The molecule has 0 aliphatic carbocycles. The van der Waals surface area contributed by atoms with Crippen LogP contribution in [0.3, 0.4) is 0 Å². The maximum atomic E-state index is 13.0. The number of nitrogens with zero attached hydrogens (tertiary/aromatic N) is 2. The lowest BCUT2D eigenvalue weighted by atomic mass is 9.85. The Bertz CT molecular complexity index is 1310. The predicted octanol–water partition coefficient (Wildman–Crippen LogP) is 7.36. The molecule has 202 valence electrons. The van der Waals surface area contributed by atoms with E-state index in [2.05, 4.69) is 65.6 Å². The second kappa shape index (κ2) is 12.5. The van der Waals surface area contributed by atoms with Crippen molar-refractivity contribution in [3.8, 4) is 5.75 Å². The number of rotatable bonds is 9. The molecule has 2 unspecified atom stereocenters. The number of benzene rings is 3. The molecular formula is C35H40N2O2. The summed E-state index contributed by atoms with van der Waals surface area (Å²) >= 11 is 0. The standard InChI is InChI=1S/C35H40N2O2/c1-4-21-36(5-2)35(38)29-16-14-28(15-17-29)34(27-11-7-6-8-12-27)30-24-31-18-19-32(25-30)37(31)22-20-26-10-9-13-33(23-26)39-3/h4,6-17,21,23,31-32H,5,18-20,22,24-25H2,1-3H3/b21-4-,34-30?. The molecule has 2 aliphatic heterocycles. The van der Waals surface area contributed by atoms with Gasteiger partial charge in [-0.1, -0.05) is 66.2 Å². The Morgan fingerprint density at radius 3 is 2.23 bits per heavy atom. The van der Waals surface area contributed by atoms with Crippen molar-refractivity contribution in [3.05, 3.63) is 119 Å². The Labute approximate surface area is 233 Å². The Morgan fingerprint density at radius 2 is 1.59 bits per heavy atom. The molecule has 4 nitrogen and oxygen atoms in total. The third kappa shape index (κ3) is 6.02. The van der Waals surface area contributed by atoms with Gasteiger partial charge >= 0.3 is 0 Å². The molecule has 1 amide bonds. The van der Waals surface area contributed by atoms with Crippen molar-refractivity contribution in [1.82, 2.24) is 9.80 Å². The van der Waals surface area contributed by atoms with Gasteiger partial charge in [0.1, 0.15) is 5.75 Å². The molecule has 2 fully saturated rings. The molecule has 0 spiro atoms. The molecule has 2 bridgehead atoms. The number of carbonyl (C=O) groups excluding carboxylic acids is 1. The Kier molecular flexibility index (Phi) is 8.63. The van der Waals surface area contributed by atoms with E-state index in [1.165, 1.54) is 35.1 Å². The normalized spacial score (nSPS) is 18.9. The monoisotopic (exact) mass is 520 g/mol. The minimum absolute atomic E-state index is 0.0402. The first-order valence-electron chi connectivity index (χ1n) is 14.3. The number of amides is 1. The van der Waals surface area contributed by atoms with Crippen molar-refractivity contribution >= 4 is 11.5 Å². The van der Waals surface area contributed by atoms with Crippen LogP contribution in [0.4, 0.5) is 0 Å². The van der Waals surface area contributed by atoms with Gasteiger partial charge in [-0.05, 0) is 92.5 Å². The van der Waals surface area contributed by atoms with Crippen LogP contribution in [0.5, 0.6) is 5.75 Å². The van der Waals surface area contributed by atoms with E-state index >= 15 is 0 Å². The number of hydrogen-bond acceptors (Lipinski definition) is 3. The topological polar surface area (TPSA) is 32.8 Å². The third-order valence-corrected chi connectivity index (χ3v) is 8.30. The number of carbonyl (C=O) groups is 1. The molecule has 0 radical (unpaired) electrons. The van der Waals surface area contributed by atoms with E-state index in [0.29, 0.717) is 18.6 Å². The molecule has 0 aromatic heterocycles. The molecule has 2 saturated heterocycles. The highest BCUT2D eigenvalue weighted by atomic mass is 16.5. The van der Waals surface area contributed by atoms with Crippen LogP contribution in [0.1, 0.15) is 66.6 Å². The maximum Gasteiger partial charge on any atom is 0.257 e. The van der Waals surface area contributed by atoms with Crippen LogP contribution in [0, 0.1) is 0 Å². The molecule has 39 heavy (non-hydrogen) atoms. The largest absolute Gasteiger partial charge is 0.497 e. The molecule has 2 aliphatic rings. The summed E-state index contributed by atoms with van der Waals surface area (Å²) in [4.78, 5) is 17.5. The zero-order valence-electron chi connectivity index (χ0n) is 23.5. The fourth-order valence-electron chi connectivity index (χ4n) is 6.38. The minimum atomic E-state index is 0.0402. The van der Waals surface area contributed by atoms with Gasteiger partial charge in [0.2, 0.25) is 0 Å². The van der Waals surface area contributed by atoms with Gasteiger partial charge in [0, 0.05) is 36.9 Å². The van der Waals surface area contributed by atoms with E-state index in [9.17, 15) is 4.79 Å². The van der Waals surface area contributed by atoms with Gasteiger partial charge in [-0.25, -0.2) is 0 Å². The van der Waals surface area contributed by atoms with E-state index in [1.807, 2.05) is 44.3 Å². The Hall–Kier alpha value is -3.63. The number of fused-ring (bicyclic) bond motifs is 2. The second-order valence-corrected chi connectivity index (χ2v) is 10.6. The molecule has 0 saturated carbocycles. The Morgan fingerprint density at radius 1 is 0.923 bits per heavy atom. The second-order valence-electron chi connectivity index (χ2n) is 10.6. The summed E-state index contributed by atoms with van der Waals surface area (Å²) in [6.45, 7) is 5.69. The number of methoxy groups -OCH3 is 1. The van der Waals surface area contributed by atoms with Gasteiger partial charge in [-0.3, -0.25) is 9.69 Å². The highest BCUT2D eigenvalue weighted by Gasteiger charge is 2.39. The smallest absolute Gasteiger partial charge is 0.257 e. The van der Waals surface area contributed by atoms with E-state index in [0.717, 1.165) is 37.1 Å². The van der Waals surface area contributed by atoms with Crippen LogP contribution in [0.2, 0.25) is 0 Å². The molecule has 4 heteroatoms. The van der Waals surface area contributed by atoms with E-state index in [1.54, 1.807) is 17.6 Å². The first kappa shape index (κ1) is 27.0. The van der Waals surface area contributed by atoms with Crippen molar-refractivity contribution in [2.75, 3.05) is 20.2 Å². The summed E-state index contributed by atoms with van der Waals surface area (Å²) in [5.74, 6) is 0.974. The molecule has 2 heterocycles. The molecule has 5 rings (SSSR count). The van der Waals surface area contributed by atoms with Crippen LogP contribution >= 0.6 is 0 Å². The molecular weight excluding hydrogens is 480 g/mol. The summed E-state index contributed by atoms with van der Waals surface area (Å²) in [5, 5.41) is 0. The highest BCUT2D eigenvalue weighted by Crippen LogP contribution is 2.43. The summed E-state index contributed by atoms with van der Waals surface area (Å²) in [5.41, 5.74) is 7.43. The average molecular weight is 521 g/mol. The van der Waals surface area contributed by atoms with Crippen LogP contribution in [-0.4, -0.2) is 48.0 Å². The fraction of sp³-hybridized carbons (Fsp3) is 0.343. The van der Waals surface area contributed by atoms with E-state index in [4.69, 9.17) is 4.74 Å². The fourth-order valence-corrected chi connectivity index (χ4v) is 6.38. The van der Waals surface area contributed by atoms with Gasteiger partial charge in [-0.15, -0.1) is 0 Å². The summed E-state index contributed by atoms with van der Waals surface area (Å²) in [6, 6.07) is 28.7. The molecule has 3 aromatic rings. The average Bonchev–Trinajstić information content (AvgIpc) is 3.22. The predicted molar refractivity (Wildman–Crippen MR) is 160 cm³/mol. The first-order valence-corrected chi connectivity index (χ1v) is 14.3. The van der Waals surface area contributed by atoms with Gasteiger partial charge in [0.15, 0.2) is 0 Å². The lowest BCUT2D eigenvalue weighted by molar-refractivity contribution is 0.0828. The first-order chi connectivity index (χ1) is 19.1. The Balaban J connectivity index is 1.39. The molecule has 0 N–H and O–H groups in total. The van der Waals surface area contributed by atoms with Crippen molar-refractivity contribution < 1.29 is 9.53 Å². The van der Waals surface area contributed by atoms with Crippen molar-refractivity contribution in [2.24, 2.45) is 0 Å². The van der Waals surface area contributed by atoms with Crippen molar-refractivity contribution in [3.63, 3.8) is 0 Å². The summed E-state index contributed by atoms with van der Waals surface area (Å²) < 4.78 is 5.43. The lowest BCUT2D eigenvalue weighted by Crippen LogP contribution is -2.41. The van der Waals surface area contributed by atoms with Crippen molar-refractivity contribution in [1.29, 1.82) is 0 Å².